The molecule has 1 aliphatic rings. The Balaban J connectivity index is 1.76. The molecule has 31 heavy (non-hydrogen) atoms. The number of nitrogens with zero attached hydrogens (tertiary/aromatic N) is 1. The van der Waals surface area contributed by atoms with Crippen LogP contribution in [0.4, 0.5) is 14.9 Å². The van der Waals surface area contributed by atoms with Crippen LogP contribution in [0.5, 0.6) is 0 Å². The molecule has 1 aromatic carbocycles. The van der Waals surface area contributed by atoms with E-state index in [4.69, 9.17) is 4.74 Å². The van der Waals surface area contributed by atoms with E-state index < -0.39 is 23.9 Å². The second-order valence-corrected chi connectivity index (χ2v) is 7.87. The molecule has 1 atom stereocenters. The van der Waals surface area contributed by atoms with E-state index in [0.29, 0.717) is 17.0 Å². The summed E-state index contributed by atoms with van der Waals surface area (Å²) < 4.78 is 18.2. The summed E-state index contributed by atoms with van der Waals surface area (Å²) in [6, 6.07) is 8.03. The zero-order valence-electron chi connectivity index (χ0n) is 17.1. The highest BCUT2D eigenvalue weighted by molar-refractivity contribution is 7.10. The Bertz CT molecular complexity index is 976. The van der Waals surface area contributed by atoms with Gasteiger partial charge in [-0.2, -0.15) is 0 Å². The third-order valence-corrected chi connectivity index (χ3v) is 5.38. The smallest absolute Gasteiger partial charge is 0.338 e. The fourth-order valence-electron chi connectivity index (χ4n) is 3.17. The van der Waals surface area contributed by atoms with E-state index >= 15 is 0 Å². The quantitative estimate of drug-likeness (QED) is 0.542. The summed E-state index contributed by atoms with van der Waals surface area (Å²) in [5.74, 6) is -1.24. The van der Waals surface area contributed by atoms with Crippen molar-refractivity contribution in [3.05, 3.63) is 63.7 Å². The number of rotatable bonds is 8. The molecular formula is C21H23FN4O4S. The van der Waals surface area contributed by atoms with E-state index in [1.165, 1.54) is 35.6 Å². The molecule has 1 aromatic heterocycles. The summed E-state index contributed by atoms with van der Waals surface area (Å²) in [7, 11) is 1.69. The Hall–Kier alpha value is -3.24. The second kappa shape index (κ2) is 10.2. The van der Waals surface area contributed by atoms with Gasteiger partial charge in [0.15, 0.2) is 0 Å². The van der Waals surface area contributed by atoms with Crippen molar-refractivity contribution in [3.63, 3.8) is 0 Å². The van der Waals surface area contributed by atoms with Crippen LogP contribution in [0.25, 0.3) is 0 Å². The maximum atomic E-state index is 13.0. The number of nitrogens with one attached hydrogen (secondary N) is 3. The minimum atomic E-state index is -0.635. The fraction of sp³-hybridized carbons (Fsp3) is 0.286. The van der Waals surface area contributed by atoms with E-state index in [1.807, 2.05) is 17.5 Å². The molecule has 0 fully saturated rings. The normalized spacial score (nSPS) is 16.0. The number of carbonyl (C=O) groups excluding carboxylic acids is 3. The molecule has 10 heteroatoms. The maximum absolute atomic E-state index is 13.0. The molecule has 0 saturated carbocycles. The minimum absolute atomic E-state index is 0.00997. The number of carbonyl (C=O) groups is 3. The molecule has 1 unspecified atom stereocenters. The van der Waals surface area contributed by atoms with Gasteiger partial charge in [0.1, 0.15) is 5.82 Å². The predicted molar refractivity (Wildman–Crippen MR) is 115 cm³/mol. The van der Waals surface area contributed by atoms with Crippen molar-refractivity contribution in [2.75, 3.05) is 32.1 Å². The number of esters is 1. The summed E-state index contributed by atoms with van der Waals surface area (Å²) in [5.41, 5.74) is 1.14. The first kappa shape index (κ1) is 22.4. The van der Waals surface area contributed by atoms with Gasteiger partial charge < -0.3 is 20.7 Å². The predicted octanol–water partition coefficient (Wildman–Crippen LogP) is 2.63. The molecule has 8 nitrogen and oxygen atoms in total. The largest absolute Gasteiger partial charge is 0.463 e. The number of ether oxygens (including phenoxy) is 1. The SMILES string of the molecule is CCOC(=O)C1=C(CN(C)CC(=O)Nc2ccc(F)cc2)NC(=O)NC1c1cccs1. The molecule has 2 aromatic rings. The van der Waals surface area contributed by atoms with Crippen molar-refractivity contribution in [1.82, 2.24) is 15.5 Å². The Morgan fingerprint density at radius 1 is 1.26 bits per heavy atom. The third kappa shape index (κ3) is 5.89. The summed E-state index contributed by atoms with van der Waals surface area (Å²) >= 11 is 1.42. The van der Waals surface area contributed by atoms with Crippen LogP contribution in [0.2, 0.25) is 0 Å². The summed E-state index contributed by atoms with van der Waals surface area (Å²) in [4.78, 5) is 39.7. The molecule has 3 rings (SSSR count). The fourth-order valence-corrected chi connectivity index (χ4v) is 3.95. The van der Waals surface area contributed by atoms with Gasteiger partial charge in [0, 0.05) is 22.8 Å². The van der Waals surface area contributed by atoms with Gasteiger partial charge in [0.2, 0.25) is 5.91 Å². The Kier molecular flexibility index (Phi) is 7.37. The molecule has 3 N–H and O–H groups in total. The van der Waals surface area contributed by atoms with Gasteiger partial charge in [-0.15, -0.1) is 11.3 Å². The van der Waals surface area contributed by atoms with E-state index in [0.717, 1.165) is 4.88 Å². The number of thiophene rings is 1. The van der Waals surface area contributed by atoms with Crippen molar-refractivity contribution in [2.45, 2.75) is 13.0 Å². The highest BCUT2D eigenvalue weighted by Crippen LogP contribution is 2.30. The first-order chi connectivity index (χ1) is 14.9. The number of halogens is 1. The van der Waals surface area contributed by atoms with Crippen LogP contribution in [0.3, 0.4) is 0 Å². The lowest BCUT2D eigenvalue weighted by Crippen LogP contribution is -2.48. The van der Waals surface area contributed by atoms with Crippen LogP contribution >= 0.6 is 11.3 Å². The van der Waals surface area contributed by atoms with Crippen molar-refractivity contribution in [3.8, 4) is 0 Å². The lowest BCUT2D eigenvalue weighted by Gasteiger charge is -2.30. The van der Waals surface area contributed by atoms with Gasteiger partial charge >= 0.3 is 12.0 Å². The molecule has 0 aliphatic carbocycles. The first-order valence-electron chi connectivity index (χ1n) is 9.62. The second-order valence-electron chi connectivity index (χ2n) is 6.89. The van der Waals surface area contributed by atoms with E-state index in [9.17, 15) is 18.8 Å². The lowest BCUT2D eigenvalue weighted by atomic mass is 10.0. The van der Waals surface area contributed by atoms with Crippen molar-refractivity contribution in [1.29, 1.82) is 0 Å². The van der Waals surface area contributed by atoms with E-state index in [1.54, 1.807) is 18.9 Å². The summed E-state index contributed by atoms with van der Waals surface area (Å²) in [6.45, 7) is 2.03. The average molecular weight is 447 g/mol. The van der Waals surface area contributed by atoms with Crippen LogP contribution in [-0.4, -0.2) is 49.6 Å². The standard InChI is InChI=1S/C21H23FN4O4S/c1-3-30-20(28)18-15(24-21(29)25-19(18)16-5-4-10-31-16)11-26(2)12-17(27)23-14-8-6-13(22)7-9-14/h4-10,19H,3,11-12H2,1-2H3,(H,23,27)(H2,24,25,29). The molecule has 0 spiro atoms. The topological polar surface area (TPSA) is 99.8 Å². The van der Waals surface area contributed by atoms with Crippen molar-refractivity contribution >= 4 is 34.9 Å². The molecule has 0 saturated heterocycles. The maximum Gasteiger partial charge on any atom is 0.338 e. The highest BCUT2D eigenvalue weighted by Gasteiger charge is 2.34. The van der Waals surface area contributed by atoms with Gasteiger partial charge in [0.05, 0.1) is 24.8 Å². The monoisotopic (exact) mass is 446 g/mol. The molecular weight excluding hydrogens is 423 g/mol. The number of urea groups is 1. The van der Waals surface area contributed by atoms with Crippen LogP contribution in [0, 0.1) is 5.82 Å². The molecule has 0 bridgehead atoms. The zero-order valence-corrected chi connectivity index (χ0v) is 17.9. The van der Waals surface area contributed by atoms with Gasteiger partial charge in [-0.3, -0.25) is 9.69 Å². The van der Waals surface area contributed by atoms with Crippen molar-refractivity contribution < 1.29 is 23.5 Å². The number of benzene rings is 1. The van der Waals surface area contributed by atoms with Crippen LogP contribution < -0.4 is 16.0 Å². The third-order valence-electron chi connectivity index (χ3n) is 4.45. The van der Waals surface area contributed by atoms with Gasteiger partial charge in [-0.05, 0) is 49.7 Å². The number of hydrogen-bond donors (Lipinski definition) is 3. The van der Waals surface area contributed by atoms with Gasteiger partial charge in [-0.25, -0.2) is 14.0 Å². The highest BCUT2D eigenvalue weighted by atomic mass is 32.1. The minimum Gasteiger partial charge on any atom is -0.463 e. The Labute approximate surface area is 183 Å². The molecule has 3 amide bonds. The van der Waals surface area contributed by atoms with Crippen LogP contribution in [-0.2, 0) is 14.3 Å². The van der Waals surface area contributed by atoms with Crippen molar-refractivity contribution in [2.24, 2.45) is 0 Å². The summed E-state index contributed by atoms with van der Waals surface area (Å²) in [6.07, 6.45) is 0. The zero-order chi connectivity index (χ0) is 22.4. The van der Waals surface area contributed by atoms with E-state index in [2.05, 4.69) is 16.0 Å². The number of anilines is 1. The van der Waals surface area contributed by atoms with E-state index in [-0.39, 0.29) is 25.6 Å². The number of hydrogen-bond acceptors (Lipinski definition) is 6. The Morgan fingerprint density at radius 3 is 2.65 bits per heavy atom. The molecule has 1 aliphatic heterocycles. The summed E-state index contributed by atoms with van der Waals surface area (Å²) in [5, 5.41) is 9.98. The number of likely N-dealkylation sites (N-methyl/N-ethyl adjacent to an activating group) is 1. The molecule has 0 radical (unpaired) electrons. The Morgan fingerprint density at radius 2 is 2.00 bits per heavy atom. The lowest BCUT2D eigenvalue weighted by molar-refractivity contribution is -0.139. The van der Waals surface area contributed by atoms with Crippen LogP contribution in [0.15, 0.2) is 53.0 Å². The number of amides is 3. The van der Waals surface area contributed by atoms with Crippen LogP contribution in [0.1, 0.15) is 17.8 Å². The molecule has 2 heterocycles. The van der Waals surface area contributed by atoms with Gasteiger partial charge in [0.25, 0.3) is 0 Å². The molecule has 164 valence electrons. The first-order valence-corrected chi connectivity index (χ1v) is 10.5. The average Bonchev–Trinajstić information content (AvgIpc) is 3.24. The van der Waals surface area contributed by atoms with Gasteiger partial charge in [-0.1, -0.05) is 6.07 Å².